The van der Waals surface area contributed by atoms with Gasteiger partial charge in [-0.25, -0.2) is 0 Å². The molecular weight excluding hydrogens is 216 g/mol. The number of amides is 1. The summed E-state index contributed by atoms with van der Waals surface area (Å²) in [6.07, 6.45) is 2.63. The van der Waals surface area contributed by atoms with Gasteiger partial charge in [0.1, 0.15) is 6.10 Å². The van der Waals surface area contributed by atoms with E-state index in [2.05, 4.69) is 12.2 Å². The molecule has 4 nitrogen and oxygen atoms in total. The van der Waals surface area contributed by atoms with Crippen LogP contribution in [0.2, 0.25) is 0 Å². The standard InChI is InChI=1S/C13H26N2O2/c1-9(2)15-12(16)11(4)17-13(8-14)6-5-10(3)7-13/h9-11H,5-8,14H2,1-4H3,(H,15,16). The van der Waals surface area contributed by atoms with E-state index in [0.717, 1.165) is 19.3 Å². The molecule has 1 aliphatic carbocycles. The van der Waals surface area contributed by atoms with Gasteiger partial charge in [0, 0.05) is 12.6 Å². The van der Waals surface area contributed by atoms with Crippen molar-refractivity contribution in [1.82, 2.24) is 5.32 Å². The molecule has 1 saturated carbocycles. The van der Waals surface area contributed by atoms with Crippen LogP contribution in [0.1, 0.15) is 47.0 Å². The van der Waals surface area contributed by atoms with Crippen molar-refractivity contribution in [2.24, 2.45) is 11.7 Å². The highest BCUT2D eigenvalue weighted by atomic mass is 16.5. The Morgan fingerprint density at radius 1 is 1.53 bits per heavy atom. The van der Waals surface area contributed by atoms with Gasteiger partial charge < -0.3 is 15.8 Å². The zero-order valence-electron chi connectivity index (χ0n) is 11.5. The van der Waals surface area contributed by atoms with E-state index in [-0.39, 0.29) is 17.6 Å². The normalized spacial score (nSPS) is 30.6. The van der Waals surface area contributed by atoms with Gasteiger partial charge in [-0.05, 0) is 46.0 Å². The molecule has 0 saturated heterocycles. The second kappa shape index (κ2) is 5.83. The molecular formula is C13H26N2O2. The molecule has 17 heavy (non-hydrogen) atoms. The summed E-state index contributed by atoms with van der Waals surface area (Å²) in [6, 6.07) is 0.143. The summed E-state index contributed by atoms with van der Waals surface area (Å²) >= 11 is 0. The predicted octanol–water partition coefficient (Wildman–Crippen LogP) is 1.43. The zero-order chi connectivity index (χ0) is 13.1. The lowest BCUT2D eigenvalue weighted by Gasteiger charge is -2.31. The first-order chi connectivity index (χ1) is 7.88. The van der Waals surface area contributed by atoms with Gasteiger partial charge >= 0.3 is 0 Å². The quantitative estimate of drug-likeness (QED) is 0.766. The maximum absolute atomic E-state index is 11.8. The highest BCUT2D eigenvalue weighted by Crippen LogP contribution is 2.37. The van der Waals surface area contributed by atoms with Gasteiger partial charge in [0.05, 0.1) is 5.60 Å². The molecule has 100 valence electrons. The minimum Gasteiger partial charge on any atom is -0.361 e. The Bertz CT molecular complexity index is 268. The first-order valence-corrected chi connectivity index (χ1v) is 6.57. The summed E-state index contributed by atoms with van der Waals surface area (Å²) in [5.41, 5.74) is 5.54. The Balaban J connectivity index is 2.54. The van der Waals surface area contributed by atoms with Gasteiger partial charge in [0.15, 0.2) is 0 Å². The van der Waals surface area contributed by atoms with Crippen LogP contribution in [0, 0.1) is 5.92 Å². The number of nitrogens with two attached hydrogens (primary N) is 1. The van der Waals surface area contributed by atoms with Crippen molar-refractivity contribution in [3.8, 4) is 0 Å². The van der Waals surface area contributed by atoms with Crippen LogP contribution in [0.25, 0.3) is 0 Å². The number of carbonyl (C=O) groups excluding carboxylic acids is 1. The highest BCUT2D eigenvalue weighted by molar-refractivity contribution is 5.80. The summed E-state index contributed by atoms with van der Waals surface area (Å²) in [7, 11) is 0. The molecule has 3 N–H and O–H groups in total. The Kier molecular flexibility index (Phi) is 4.95. The molecule has 1 rings (SSSR count). The number of nitrogens with one attached hydrogen (secondary N) is 1. The summed E-state index contributed by atoms with van der Waals surface area (Å²) in [6.45, 7) is 8.40. The average molecular weight is 242 g/mol. The number of ether oxygens (including phenoxy) is 1. The molecule has 0 heterocycles. The van der Waals surface area contributed by atoms with Crippen molar-refractivity contribution in [3.63, 3.8) is 0 Å². The van der Waals surface area contributed by atoms with Crippen molar-refractivity contribution >= 4 is 5.91 Å². The van der Waals surface area contributed by atoms with Crippen LogP contribution >= 0.6 is 0 Å². The topological polar surface area (TPSA) is 64.3 Å². The lowest BCUT2D eigenvalue weighted by atomic mass is 10.0. The van der Waals surface area contributed by atoms with Gasteiger partial charge in [-0.2, -0.15) is 0 Å². The molecule has 3 atom stereocenters. The Labute approximate surface area is 104 Å². The first kappa shape index (κ1) is 14.5. The summed E-state index contributed by atoms with van der Waals surface area (Å²) < 4.78 is 5.94. The van der Waals surface area contributed by atoms with Crippen LogP contribution in [0.15, 0.2) is 0 Å². The average Bonchev–Trinajstić information content (AvgIpc) is 2.59. The van der Waals surface area contributed by atoms with Gasteiger partial charge in [-0.3, -0.25) is 4.79 Å². The minimum absolute atomic E-state index is 0.0487. The van der Waals surface area contributed by atoms with E-state index >= 15 is 0 Å². The smallest absolute Gasteiger partial charge is 0.249 e. The molecule has 1 fully saturated rings. The van der Waals surface area contributed by atoms with Crippen LogP contribution in [-0.2, 0) is 9.53 Å². The highest BCUT2D eigenvalue weighted by Gasteiger charge is 2.39. The third kappa shape index (κ3) is 3.96. The number of carbonyl (C=O) groups is 1. The zero-order valence-corrected chi connectivity index (χ0v) is 11.5. The molecule has 0 aromatic carbocycles. The third-order valence-electron chi connectivity index (χ3n) is 3.41. The van der Waals surface area contributed by atoms with E-state index in [1.54, 1.807) is 6.92 Å². The van der Waals surface area contributed by atoms with Crippen LogP contribution in [0.4, 0.5) is 0 Å². The molecule has 0 aromatic heterocycles. The molecule has 1 aliphatic rings. The molecule has 0 spiro atoms. The maximum atomic E-state index is 11.8. The van der Waals surface area contributed by atoms with Crippen molar-refractivity contribution in [1.29, 1.82) is 0 Å². The van der Waals surface area contributed by atoms with Crippen LogP contribution in [0.5, 0.6) is 0 Å². The Morgan fingerprint density at radius 3 is 2.59 bits per heavy atom. The Hall–Kier alpha value is -0.610. The lowest BCUT2D eigenvalue weighted by Crippen LogP contribution is -2.47. The van der Waals surface area contributed by atoms with Crippen molar-refractivity contribution in [2.75, 3.05) is 6.54 Å². The molecule has 4 heteroatoms. The fourth-order valence-corrected chi connectivity index (χ4v) is 2.52. The van der Waals surface area contributed by atoms with E-state index in [9.17, 15) is 4.79 Å². The van der Waals surface area contributed by atoms with Crippen LogP contribution < -0.4 is 11.1 Å². The van der Waals surface area contributed by atoms with Crippen molar-refractivity contribution in [2.45, 2.75) is 64.7 Å². The monoisotopic (exact) mass is 242 g/mol. The van der Waals surface area contributed by atoms with Gasteiger partial charge in [0.25, 0.3) is 0 Å². The predicted molar refractivity (Wildman–Crippen MR) is 68.6 cm³/mol. The number of hydrogen-bond acceptors (Lipinski definition) is 3. The van der Waals surface area contributed by atoms with Crippen molar-refractivity contribution < 1.29 is 9.53 Å². The summed E-state index contributed by atoms with van der Waals surface area (Å²) in [5.74, 6) is 0.589. The van der Waals surface area contributed by atoms with Gasteiger partial charge in [0.2, 0.25) is 5.91 Å². The molecule has 0 aliphatic heterocycles. The third-order valence-corrected chi connectivity index (χ3v) is 3.41. The van der Waals surface area contributed by atoms with E-state index < -0.39 is 6.10 Å². The van der Waals surface area contributed by atoms with E-state index in [1.165, 1.54) is 0 Å². The minimum atomic E-state index is -0.425. The first-order valence-electron chi connectivity index (χ1n) is 6.57. The SMILES string of the molecule is CC1CCC(CN)(OC(C)C(=O)NC(C)C)C1. The van der Waals surface area contributed by atoms with E-state index in [1.807, 2.05) is 13.8 Å². The van der Waals surface area contributed by atoms with Gasteiger partial charge in [-0.1, -0.05) is 6.92 Å². The summed E-state index contributed by atoms with van der Waals surface area (Å²) in [4.78, 5) is 11.8. The van der Waals surface area contributed by atoms with E-state index in [4.69, 9.17) is 10.5 Å². The largest absolute Gasteiger partial charge is 0.361 e. The molecule has 1 amide bonds. The number of hydrogen-bond donors (Lipinski definition) is 2. The molecule has 0 radical (unpaired) electrons. The second-order valence-corrected chi connectivity index (χ2v) is 5.66. The van der Waals surface area contributed by atoms with E-state index in [0.29, 0.717) is 12.5 Å². The van der Waals surface area contributed by atoms with Crippen molar-refractivity contribution in [3.05, 3.63) is 0 Å². The molecule has 0 aromatic rings. The van der Waals surface area contributed by atoms with Crippen LogP contribution in [-0.4, -0.2) is 30.2 Å². The fraction of sp³-hybridized carbons (Fsp3) is 0.923. The lowest BCUT2D eigenvalue weighted by molar-refractivity contribution is -0.144. The maximum Gasteiger partial charge on any atom is 0.249 e. The fourth-order valence-electron chi connectivity index (χ4n) is 2.52. The summed E-state index contributed by atoms with van der Waals surface area (Å²) in [5, 5.41) is 2.86. The number of rotatable bonds is 5. The molecule has 3 unspecified atom stereocenters. The van der Waals surface area contributed by atoms with Crippen LogP contribution in [0.3, 0.4) is 0 Å². The molecule has 0 bridgehead atoms. The Morgan fingerprint density at radius 2 is 2.18 bits per heavy atom. The second-order valence-electron chi connectivity index (χ2n) is 5.66. The van der Waals surface area contributed by atoms with Gasteiger partial charge in [-0.15, -0.1) is 0 Å².